The lowest BCUT2D eigenvalue weighted by Gasteiger charge is -2.16. The number of ether oxygens (including phenoxy) is 1. The van der Waals surface area contributed by atoms with Crippen LogP contribution in [0.4, 0.5) is 10.1 Å². The molecule has 0 atom stereocenters. The highest BCUT2D eigenvalue weighted by Gasteiger charge is 2.39. The number of rotatable bonds is 7. The Morgan fingerprint density at radius 1 is 0.909 bits per heavy atom. The Bertz CT molecular complexity index is 1230. The van der Waals surface area contributed by atoms with Gasteiger partial charge in [-0.05, 0) is 72.9 Å². The van der Waals surface area contributed by atoms with Gasteiger partial charge in [-0.1, -0.05) is 36.4 Å². The Labute approximate surface area is 192 Å². The number of amides is 2. The molecule has 0 unspecified atom stereocenters. The molecule has 0 bridgehead atoms. The molecule has 5 nitrogen and oxygen atoms in total. The van der Waals surface area contributed by atoms with Gasteiger partial charge in [-0.2, -0.15) is 0 Å². The van der Waals surface area contributed by atoms with Crippen LogP contribution in [-0.2, 0) is 16.0 Å². The van der Waals surface area contributed by atoms with Gasteiger partial charge in [0.1, 0.15) is 17.3 Å². The third kappa shape index (κ3) is 4.51. The van der Waals surface area contributed by atoms with Crippen molar-refractivity contribution in [2.45, 2.75) is 20.3 Å². The van der Waals surface area contributed by atoms with Gasteiger partial charge in [0, 0.05) is 12.2 Å². The van der Waals surface area contributed by atoms with Crippen molar-refractivity contribution in [1.82, 2.24) is 4.90 Å². The number of hydrogen-bond donors (Lipinski definition) is 1. The number of halogens is 1. The van der Waals surface area contributed by atoms with E-state index in [2.05, 4.69) is 5.32 Å². The van der Waals surface area contributed by atoms with Crippen molar-refractivity contribution in [3.8, 4) is 5.75 Å². The van der Waals surface area contributed by atoms with Crippen LogP contribution in [0.3, 0.4) is 0 Å². The Hall–Kier alpha value is -3.93. The minimum atomic E-state index is -0.406. The fourth-order valence-corrected chi connectivity index (χ4v) is 3.83. The number of imide groups is 1. The van der Waals surface area contributed by atoms with E-state index in [9.17, 15) is 14.0 Å². The van der Waals surface area contributed by atoms with Crippen LogP contribution >= 0.6 is 0 Å². The lowest BCUT2D eigenvalue weighted by molar-refractivity contribution is -0.136. The predicted molar refractivity (Wildman–Crippen MR) is 126 cm³/mol. The first kappa shape index (κ1) is 22.3. The Morgan fingerprint density at radius 3 is 2.27 bits per heavy atom. The molecular formula is C27H25FN2O3. The maximum Gasteiger partial charge on any atom is 0.278 e. The van der Waals surface area contributed by atoms with Gasteiger partial charge in [0.15, 0.2) is 0 Å². The van der Waals surface area contributed by atoms with Crippen LogP contribution in [0.5, 0.6) is 5.75 Å². The van der Waals surface area contributed by atoms with Crippen molar-refractivity contribution in [3.05, 3.63) is 100 Å². The number of aryl methyl sites for hydroxylation is 1. The standard InChI is InChI=1S/C27H25FN2O3/c1-17-5-4-6-23(18(17)2)29-25-24(20-9-11-21(28)12-10-20)26(31)30(27(25)32)16-15-19-7-13-22(33-3)14-8-19/h4-14,29H,15-16H2,1-3H3. The second-order valence-corrected chi connectivity index (χ2v) is 7.99. The molecule has 3 aromatic rings. The molecule has 1 N–H and O–H groups in total. The first-order valence-corrected chi connectivity index (χ1v) is 10.7. The molecule has 0 radical (unpaired) electrons. The second-order valence-electron chi connectivity index (χ2n) is 7.99. The SMILES string of the molecule is COc1ccc(CCN2C(=O)C(Nc3cccc(C)c3C)=C(c3ccc(F)cc3)C2=O)cc1. The molecule has 1 aliphatic rings. The summed E-state index contributed by atoms with van der Waals surface area (Å²) in [6.45, 7) is 4.17. The smallest absolute Gasteiger partial charge is 0.278 e. The average molecular weight is 445 g/mol. The van der Waals surface area contributed by atoms with Crippen LogP contribution in [0.2, 0.25) is 0 Å². The topological polar surface area (TPSA) is 58.6 Å². The molecule has 0 fully saturated rings. The summed E-state index contributed by atoms with van der Waals surface area (Å²) in [6, 6.07) is 18.9. The lowest BCUT2D eigenvalue weighted by Crippen LogP contribution is -2.34. The number of hydrogen-bond acceptors (Lipinski definition) is 4. The number of anilines is 1. The fourth-order valence-electron chi connectivity index (χ4n) is 3.83. The van der Waals surface area contributed by atoms with Crippen LogP contribution < -0.4 is 10.1 Å². The number of nitrogens with zero attached hydrogens (tertiary/aromatic N) is 1. The summed E-state index contributed by atoms with van der Waals surface area (Å²) in [5, 5.41) is 3.19. The van der Waals surface area contributed by atoms with E-state index in [1.807, 2.05) is 56.3 Å². The number of carbonyl (C=O) groups is 2. The van der Waals surface area contributed by atoms with Crippen LogP contribution in [0, 0.1) is 19.7 Å². The predicted octanol–water partition coefficient (Wildman–Crippen LogP) is 4.89. The summed E-state index contributed by atoms with van der Waals surface area (Å²) in [5.74, 6) is -0.453. The van der Waals surface area contributed by atoms with Crippen molar-refractivity contribution in [2.24, 2.45) is 0 Å². The third-order valence-corrected chi connectivity index (χ3v) is 5.95. The highest BCUT2D eigenvalue weighted by Crippen LogP contribution is 2.32. The van der Waals surface area contributed by atoms with E-state index in [1.54, 1.807) is 7.11 Å². The van der Waals surface area contributed by atoms with E-state index in [0.29, 0.717) is 12.0 Å². The van der Waals surface area contributed by atoms with E-state index >= 15 is 0 Å². The van der Waals surface area contributed by atoms with E-state index in [-0.39, 0.29) is 17.8 Å². The van der Waals surface area contributed by atoms with Gasteiger partial charge in [-0.3, -0.25) is 14.5 Å². The Morgan fingerprint density at radius 2 is 1.61 bits per heavy atom. The van der Waals surface area contributed by atoms with Gasteiger partial charge < -0.3 is 10.1 Å². The zero-order chi connectivity index (χ0) is 23.5. The molecule has 0 aliphatic carbocycles. The molecule has 168 valence electrons. The monoisotopic (exact) mass is 444 g/mol. The van der Waals surface area contributed by atoms with Crippen LogP contribution in [-0.4, -0.2) is 30.4 Å². The summed E-state index contributed by atoms with van der Waals surface area (Å²) in [5.41, 5.74) is 4.73. The van der Waals surface area contributed by atoms with Crippen LogP contribution in [0.15, 0.2) is 72.4 Å². The summed E-state index contributed by atoms with van der Waals surface area (Å²) >= 11 is 0. The number of carbonyl (C=O) groups excluding carboxylic acids is 2. The molecule has 2 amide bonds. The number of methoxy groups -OCH3 is 1. The fraction of sp³-hybridized carbons (Fsp3) is 0.185. The number of benzene rings is 3. The zero-order valence-corrected chi connectivity index (χ0v) is 18.8. The molecule has 0 saturated carbocycles. The van der Waals surface area contributed by atoms with Crippen LogP contribution in [0.1, 0.15) is 22.3 Å². The minimum Gasteiger partial charge on any atom is -0.497 e. The average Bonchev–Trinajstić information content (AvgIpc) is 3.05. The van der Waals surface area contributed by atoms with E-state index < -0.39 is 17.6 Å². The third-order valence-electron chi connectivity index (χ3n) is 5.95. The van der Waals surface area contributed by atoms with Crippen molar-refractivity contribution < 1.29 is 18.7 Å². The van der Waals surface area contributed by atoms with Gasteiger partial charge in [0.25, 0.3) is 11.8 Å². The van der Waals surface area contributed by atoms with Crippen LogP contribution in [0.25, 0.3) is 5.57 Å². The van der Waals surface area contributed by atoms with Crippen molar-refractivity contribution >= 4 is 23.1 Å². The quantitative estimate of drug-likeness (QED) is 0.528. The van der Waals surface area contributed by atoms with E-state index in [1.165, 1.54) is 29.2 Å². The minimum absolute atomic E-state index is 0.204. The molecule has 3 aromatic carbocycles. The second kappa shape index (κ2) is 9.28. The molecule has 0 spiro atoms. The molecular weight excluding hydrogens is 419 g/mol. The van der Waals surface area contributed by atoms with Gasteiger partial charge in [-0.25, -0.2) is 4.39 Å². The van der Waals surface area contributed by atoms with Crippen molar-refractivity contribution in [2.75, 3.05) is 19.0 Å². The van der Waals surface area contributed by atoms with Crippen molar-refractivity contribution in [3.63, 3.8) is 0 Å². The van der Waals surface area contributed by atoms with E-state index in [0.717, 1.165) is 28.1 Å². The molecule has 4 rings (SSSR count). The van der Waals surface area contributed by atoms with Gasteiger partial charge in [0.05, 0.1) is 12.7 Å². The highest BCUT2D eigenvalue weighted by atomic mass is 19.1. The molecule has 33 heavy (non-hydrogen) atoms. The largest absolute Gasteiger partial charge is 0.497 e. The Balaban J connectivity index is 1.66. The molecule has 1 aliphatic heterocycles. The summed E-state index contributed by atoms with van der Waals surface area (Å²) in [6.07, 6.45) is 0.509. The molecule has 6 heteroatoms. The number of nitrogens with one attached hydrogen (secondary N) is 1. The Kier molecular flexibility index (Phi) is 6.27. The summed E-state index contributed by atoms with van der Waals surface area (Å²) in [4.78, 5) is 28.0. The zero-order valence-electron chi connectivity index (χ0n) is 18.8. The molecule has 0 saturated heterocycles. The summed E-state index contributed by atoms with van der Waals surface area (Å²) in [7, 11) is 1.60. The summed E-state index contributed by atoms with van der Waals surface area (Å²) < 4.78 is 18.7. The maximum absolute atomic E-state index is 13.5. The van der Waals surface area contributed by atoms with E-state index in [4.69, 9.17) is 4.74 Å². The first-order chi connectivity index (χ1) is 15.9. The molecule has 1 heterocycles. The maximum atomic E-state index is 13.5. The van der Waals surface area contributed by atoms with Crippen molar-refractivity contribution in [1.29, 1.82) is 0 Å². The molecule has 0 aromatic heterocycles. The van der Waals surface area contributed by atoms with Gasteiger partial charge in [0.2, 0.25) is 0 Å². The van der Waals surface area contributed by atoms with Gasteiger partial charge in [-0.15, -0.1) is 0 Å². The lowest BCUT2D eigenvalue weighted by atomic mass is 10.0. The normalized spacial score (nSPS) is 13.6. The van der Waals surface area contributed by atoms with Gasteiger partial charge >= 0.3 is 0 Å². The highest BCUT2D eigenvalue weighted by molar-refractivity contribution is 6.36. The first-order valence-electron chi connectivity index (χ1n) is 10.7.